The van der Waals surface area contributed by atoms with E-state index in [1.165, 1.54) is 12.1 Å². The van der Waals surface area contributed by atoms with Crippen molar-refractivity contribution >= 4 is 0 Å². The summed E-state index contributed by atoms with van der Waals surface area (Å²) >= 11 is 0. The highest BCUT2D eigenvalue weighted by molar-refractivity contribution is 5.25. The van der Waals surface area contributed by atoms with Gasteiger partial charge in [-0.2, -0.15) is 0 Å². The second-order valence-corrected chi connectivity index (χ2v) is 4.75. The summed E-state index contributed by atoms with van der Waals surface area (Å²) in [5.74, 6) is -1.27. The highest BCUT2D eigenvalue weighted by Gasteiger charge is 2.34. The predicted octanol–water partition coefficient (Wildman–Crippen LogP) is 2.31. The first-order valence-corrected chi connectivity index (χ1v) is 5.90. The van der Waals surface area contributed by atoms with Gasteiger partial charge >= 0.3 is 0 Å². The van der Waals surface area contributed by atoms with Crippen molar-refractivity contribution in [3.63, 3.8) is 0 Å². The number of benzene rings is 1. The molecule has 0 saturated heterocycles. The summed E-state index contributed by atoms with van der Waals surface area (Å²) in [6.07, 6.45) is 2.68. The molecule has 1 aromatic carbocycles. The maximum Gasteiger partial charge on any atom is 0.126 e. The molecule has 1 aliphatic rings. The van der Waals surface area contributed by atoms with Gasteiger partial charge < -0.3 is 10.4 Å². The highest BCUT2D eigenvalue weighted by atomic mass is 19.1. The molecule has 94 valence electrons. The van der Waals surface area contributed by atoms with Crippen molar-refractivity contribution in [3.05, 3.63) is 35.4 Å². The molecule has 0 aliphatic heterocycles. The van der Waals surface area contributed by atoms with E-state index in [1.807, 2.05) is 7.05 Å². The van der Waals surface area contributed by atoms with Crippen molar-refractivity contribution < 1.29 is 13.9 Å². The second kappa shape index (κ2) is 4.70. The van der Waals surface area contributed by atoms with Crippen molar-refractivity contribution in [2.75, 3.05) is 7.05 Å². The summed E-state index contributed by atoms with van der Waals surface area (Å²) in [5, 5.41) is 13.6. The summed E-state index contributed by atoms with van der Waals surface area (Å²) in [5.41, 5.74) is -0.736. The number of hydrogen-bond donors (Lipinski definition) is 2. The fraction of sp³-hybridized carbons (Fsp3) is 0.538. The lowest BCUT2D eigenvalue weighted by Crippen LogP contribution is -2.38. The fourth-order valence-corrected chi connectivity index (χ4v) is 2.50. The predicted molar refractivity (Wildman–Crippen MR) is 61.6 cm³/mol. The van der Waals surface area contributed by atoms with Crippen molar-refractivity contribution in [2.24, 2.45) is 0 Å². The van der Waals surface area contributed by atoms with Gasteiger partial charge in [0.1, 0.15) is 11.6 Å². The van der Waals surface area contributed by atoms with Crippen molar-refractivity contribution in [1.29, 1.82) is 0 Å². The standard InChI is InChI=1S/C13H17F2NO/c1-16-12-2-4-13(17,5-3-12)9-6-10(14)8-11(15)7-9/h6-8,12,16-17H,2-5H2,1H3. The number of halogens is 2. The SMILES string of the molecule is CNC1CCC(O)(c2cc(F)cc(F)c2)CC1. The van der Waals surface area contributed by atoms with E-state index in [0.29, 0.717) is 24.4 Å². The Kier molecular flexibility index (Phi) is 3.45. The fourth-order valence-electron chi connectivity index (χ4n) is 2.50. The van der Waals surface area contributed by atoms with E-state index in [1.54, 1.807) is 0 Å². The first kappa shape index (κ1) is 12.5. The molecular formula is C13H17F2NO. The smallest absolute Gasteiger partial charge is 0.126 e. The van der Waals surface area contributed by atoms with Gasteiger partial charge in [-0.05, 0) is 50.4 Å². The molecule has 0 atom stereocenters. The van der Waals surface area contributed by atoms with Gasteiger partial charge in [0.2, 0.25) is 0 Å². The van der Waals surface area contributed by atoms with E-state index in [-0.39, 0.29) is 0 Å². The van der Waals surface area contributed by atoms with Crippen molar-refractivity contribution in [3.8, 4) is 0 Å². The monoisotopic (exact) mass is 241 g/mol. The summed E-state index contributed by atoms with van der Waals surface area (Å²) in [7, 11) is 1.89. The first-order chi connectivity index (χ1) is 8.03. The molecule has 2 rings (SSSR count). The summed E-state index contributed by atoms with van der Waals surface area (Å²) in [4.78, 5) is 0. The topological polar surface area (TPSA) is 32.3 Å². The quantitative estimate of drug-likeness (QED) is 0.832. The maximum atomic E-state index is 13.1. The Labute approximate surface area is 99.7 Å². The van der Waals surface area contributed by atoms with Gasteiger partial charge in [-0.15, -0.1) is 0 Å². The molecule has 0 heterocycles. The Morgan fingerprint density at radius 1 is 1.18 bits per heavy atom. The van der Waals surface area contributed by atoms with Crippen LogP contribution in [-0.2, 0) is 5.60 Å². The minimum absolute atomic E-state index is 0.351. The van der Waals surface area contributed by atoms with Gasteiger partial charge in [-0.3, -0.25) is 0 Å². The molecule has 0 amide bonds. The molecule has 1 aliphatic carbocycles. The lowest BCUT2D eigenvalue weighted by molar-refractivity contribution is -0.00813. The minimum Gasteiger partial charge on any atom is -0.385 e. The highest BCUT2D eigenvalue weighted by Crippen LogP contribution is 2.37. The third kappa shape index (κ3) is 2.64. The summed E-state index contributed by atoms with van der Waals surface area (Å²) in [6, 6.07) is 3.66. The first-order valence-electron chi connectivity index (χ1n) is 5.90. The van der Waals surface area contributed by atoms with Gasteiger partial charge in [-0.25, -0.2) is 8.78 Å². The normalized spacial score (nSPS) is 29.3. The summed E-state index contributed by atoms with van der Waals surface area (Å²) < 4.78 is 26.3. The third-order valence-corrected chi connectivity index (χ3v) is 3.62. The lowest BCUT2D eigenvalue weighted by Gasteiger charge is -2.36. The van der Waals surface area contributed by atoms with E-state index >= 15 is 0 Å². The molecule has 0 aromatic heterocycles. The average Bonchev–Trinajstić information content (AvgIpc) is 2.29. The molecule has 2 N–H and O–H groups in total. The van der Waals surface area contributed by atoms with Crippen LogP contribution in [0.5, 0.6) is 0 Å². The van der Waals surface area contributed by atoms with Crippen LogP contribution in [-0.4, -0.2) is 18.2 Å². The number of rotatable bonds is 2. The number of hydrogen-bond acceptors (Lipinski definition) is 2. The average molecular weight is 241 g/mol. The lowest BCUT2D eigenvalue weighted by atomic mass is 9.78. The molecule has 4 heteroatoms. The Morgan fingerprint density at radius 3 is 2.18 bits per heavy atom. The van der Waals surface area contributed by atoms with Crippen LogP contribution in [0.25, 0.3) is 0 Å². The Bertz CT molecular complexity index is 380. The zero-order valence-corrected chi connectivity index (χ0v) is 9.84. The zero-order valence-electron chi connectivity index (χ0n) is 9.84. The molecular weight excluding hydrogens is 224 g/mol. The second-order valence-electron chi connectivity index (χ2n) is 4.75. The van der Waals surface area contributed by atoms with E-state index in [0.717, 1.165) is 18.9 Å². The number of aliphatic hydroxyl groups is 1. The van der Waals surface area contributed by atoms with Crippen LogP contribution in [0.4, 0.5) is 8.78 Å². The molecule has 0 spiro atoms. The molecule has 1 aromatic rings. The molecule has 0 bridgehead atoms. The molecule has 1 fully saturated rings. The van der Waals surface area contributed by atoms with Gasteiger partial charge in [0.25, 0.3) is 0 Å². The van der Waals surface area contributed by atoms with Gasteiger partial charge in [0, 0.05) is 12.1 Å². The van der Waals surface area contributed by atoms with Crippen LogP contribution < -0.4 is 5.32 Å². The van der Waals surface area contributed by atoms with E-state index in [4.69, 9.17) is 0 Å². The van der Waals surface area contributed by atoms with E-state index in [9.17, 15) is 13.9 Å². The van der Waals surface area contributed by atoms with Gasteiger partial charge in [-0.1, -0.05) is 0 Å². The molecule has 1 saturated carbocycles. The van der Waals surface area contributed by atoms with Gasteiger partial charge in [0.05, 0.1) is 5.60 Å². The largest absolute Gasteiger partial charge is 0.385 e. The molecule has 17 heavy (non-hydrogen) atoms. The van der Waals surface area contributed by atoms with Crippen LogP contribution >= 0.6 is 0 Å². The van der Waals surface area contributed by atoms with E-state index < -0.39 is 17.2 Å². The Balaban J connectivity index is 2.21. The molecule has 2 nitrogen and oxygen atoms in total. The van der Waals surface area contributed by atoms with Crippen molar-refractivity contribution in [2.45, 2.75) is 37.3 Å². The van der Waals surface area contributed by atoms with Crippen LogP contribution in [0.2, 0.25) is 0 Å². The number of nitrogens with one attached hydrogen (secondary N) is 1. The maximum absolute atomic E-state index is 13.1. The minimum atomic E-state index is -1.09. The molecule has 0 radical (unpaired) electrons. The third-order valence-electron chi connectivity index (χ3n) is 3.62. The van der Waals surface area contributed by atoms with Gasteiger partial charge in [0.15, 0.2) is 0 Å². The van der Waals surface area contributed by atoms with Crippen molar-refractivity contribution in [1.82, 2.24) is 5.32 Å². The Hall–Kier alpha value is -1.00. The van der Waals surface area contributed by atoms with Crippen LogP contribution in [0.15, 0.2) is 18.2 Å². The molecule has 0 unspecified atom stereocenters. The van der Waals surface area contributed by atoms with Crippen LogP contribution in [0.3, 0.4) is 0 Å². The Morgan fingerprint density at radius 2 is 1.71 bits per heavy atom. The zero-order chi connectivity index (χ0) is 12.5. The van der Waals surface area contributed by atoms with Crippen LogP contribution in [0, 0.1) is 11.6 Å². The van der Waals surface area contributed by atoms with Crippen LogP contribution in [0.1, 0.15) is 31.2 Å². The van der Waals surface area contributed by atoms with E-state index in [2.05, 4.69) is 5.32 Å². The summed E-state index contributed by atoms with van der Waals surface area (Å²) in [6.45, 7) is 0.